The smallest absolute Gasteiger partial charge is 0.244 e. The standard InChI is InChI=1S/C24H30Cl3N3O4S/c1-15-10-11-17(12-21(15)27)30(35(6,33)34)14-22(31)29(16(2)23(32)28-24(3,4)5)13-18-19(25)8-7-9-20(18)26/h7-12,16H,13-14H2,1-6H3,(H,28,32)/t16-/m0/s1. The summed E-state index contributed by atoms with van der Waals surface area (Å²) in [6.45, 7) is 8.17. The van der Waals surface area contributed by atoms with Crippen molar-refractivity contribution >= 4 is 62.3 Å². The van der Waals surface area contributed by atoms with Crippen molar-refractivity contribution in [1.29, 1.82) is 0 Å². The minimum Gasteiger partial charge on any atom is -0.350 e. The van der Waals surface area contributed by atoms with E-state index in [2.05, 4.69) is 5.32 Å². The number of nitrogens with one attached hydrogen (secondary N) is 1. The van der Waals surface area contributed by atoms with Crippen molar-refractivity contribution in [2.24, 2.45) is 0 Å². The summed E-state index contributed by atoms with van der Waals surface area (Å²) in [5, 5.41) is 3.86. The number of nitrogens with zero attached hydrogens (tertiary/aromatic N) is 2. The highest BCUT2D eigenvalue weighted by Crippen LogP contribution is 2.28. The molecule has 7 nitrogen and oxygen atoms in total. The summed E-state index contributed by atoms with van der Waals surface area (Å²) in [7, 11) is -3.87. The third-order valence-corrected chi connectivity index (χ3v) is 7.43. The Hall–Kier alpha value is -2.00. The molecule has 1 N–H and O–H groups in total. The first-order valence-electron chi connectivity index (χ1n) is 10.8. The monoisotopic (exact) mass is 561 g/mol. The molecule has 2 aromatic rings. The van der Waals surface area contributed by atoms with Gasteiger partial charge in [-0.05, 0) is 64.4 Å². The molecule has 0 spiro atoms. The van der Waals surface area contributed by atoms with Gasteiger partial charge in [0.25, 0.3) is 0 Å². The maximum absolute atomic E-state index is 13.6. The summed E-state index contributed by atoms with van der Waals surface area (Å²) >= 11 is 18.9. The molecule has 35 heavy (non-hydrogen) atoms. The number of anilines is 1. The second-order valence-electron chi connectivity index (χ2n) is 9.34. The van der Waals surface area contributed by atoms with E-state index in [1.54, 1.807) is 44.2 Å². The molecular weight excluding hydrogens is 533 g/mol. The van der Waals surface area contributed by atoms with Gasteiger partial charge >= 0.3 is 0 Å². The maximum atomic E-state index is 13.6. The summed E-state index contributed by atoms with van der Waals surface area (Å²) in [5.41, 5.74) is 0.903. The van der Waals surface area contributed by atoms with Crippen LogP contribution < -0.4 is 9.62 Å². The van der Waals surface area contributed by atoms with E-state index in [1.807, 2.05) is 20.8 Å². The van der Waals surface area contributed by atoms with E-state index in [4.69, 9.17) is 34.8 Å². The van der Waals surface area contributed by atoms with E-state index in [0.29, 0.717) is 20.6 Å². The maximum Gasteiger partial charge on any atom is 0.244 e. The largest absolute Gasteiger partial charge is 0.350 e. The zero-order chi connectivity index (χ0) is 26.7. The fourth-order valence-electron chi connectivity index (χ4n) is 3.26. The normalized spacial score (nSPS) is 12.7. The highest BCUT2D eigenvalue weighted by atomic mass is 35.5. The van der Waals surface area contributed by atoms with Gasteiger partial charge in [-0.15, -0.1) is 0 Å². The van der Waals surface area contributed by atoms with Crippen LogP contribution in [-0.2, 0) is 26.2 Å². The van der Waals surface area contributed by atoms with Crippen LogP contribution >= 0.6 is 34.8 Å². The van der Waals surface area contributed by atoms with Crippen LogP contribution in [0.15, 0.2) is 36.4 Å². The van der Waals surface area contributed by atoms with Crippen molar-refractivity contribution in [3.8, 4) is 0 Å². The summed E-state index contributed by atoms with van der Waals surface area (Å²) in [4.78, 5) is 27.8. The number of halogens is 3. The second-order valence-corrected chi connectivity index (χ2v) is 12.5. The molecular formula is C24H30Cl3N3O4S. The van der Waals surface area contributed by atoms with Gasteiger partial charge in [0.1, 0.15) is 12.6 Å². The highest BCUT2D eigenvalue weighted by Gasteiger charge is 2.32. The molecule has 1 atom stereocenters. The third-order valence-electron chi connectivity index (χ3n) is 5.18. The van der Waals surface area contributed by atoms with E-state index in [-0.39, 0.29) is 12.2 Å². The SMILES string of the molecule is Cc1ccc(N(CC(=O)N(Cc2c(Cl)cccc2Cl)[C@@H](C)C(=O)NC(C)(C)C)S(C)(=O)=O)cc1Cl. The Balaban J connectivity index is 2.49. The van der Waals surface area contributed by atoms with Crippen molar-refractivity contribution in [2.75, 3.05) is 17.1 Å². The predicted octanol–water partition coefficient (Wildman–Crippen LogP) is 5.05. The van der Waals surface area contributed by atoms with Gasteiger partial charge in [-0.2, -0.15) is 0 Å². The summed E-state index contributed by atoms with van der Waals surface area (Å²) in [6.07, 6.45) is 0.999. The minimum atomic E-state index is -3.87. The van der Waals surface area contributed by atoms with Gasteiger partial charge in [0, 0.05) is 32.7 Å². The average Bonchev–Trinajstić information content (AvgIpc) is 2.71. The number of aryl methyl sites for hydroxylation is 1. The van der Waals surface area contributed by atoms with E-state index < -0.39 is 40.0 Å². The van der Waals surface area contributed by atoms with Gasteiger partial charge in [0.15, 0.2) is 0 Å². The van der Waals surface area contributed by atoms with Crippen LogP contribution in [0.4, 0.5) is 5.69 Å². The summed E-state index contributed by atoms with van der Waals surface area (Å²) in [6, 6.07) is 8.70. The molecule has 0 bridgehead atoms. The van der Waals surface area contributed by atoms with Gasteiger partial charge in [-0.3, -0.25) is 13.9 Å². The Bertz CT molecular complexity index is 1190. The molecule has 2 rings (SSSR count). The lowest BCUT2D eigenvalue weighted by atomic mass is 10.1. The zero-order valence-electron chi connectivity index (χ0n) is 20.5. The minimum absolute atomic E-state index is 0.0949. The van der Waals surface area contributed by atoms with Crippen molar-refractivity contribution in [1.82, 2.24) is 10.2 Å². The second kappa shape index (κ2) is 11.4. The Morgan fingerprint density at radius 1 is 1.03 bits per heavy atom. The fourth-order valence-corrected chi connectivity index (χ4v) is 4.79. The predicted molar refractivity (Wildman–Crippen MR) is 143 cm³/mol. The molecule has 192 valence electrons. The van der Waals surface area contributed by atoms with Crippen LogP contribution in [0.2, 0.25) is 15.1 Å². The van der Waals surface area contributed by atoms with Crippen molar-refractivity contribution < 1.29 is 18.0 Å². The number of hydrogen-bond donors (Lipinski definition) is 1. The van der Waals surface area contributed by atoms with E-state index in [1.165, 1.54) is 11.0 Å². The van der Waals surface area contributed by atoms with E-state index >= 15 is 0 Å². The van der Waals surface area contributed by atoms with Crippen LogP contribution in [0, 0.1) is 6.92 Å². The molecule has 0 radical (unpaired) electrons. The first-order chi connectivity index (χ1) is 16.0. The highest BCUT2D eigenvalue weighted by molar-refractivity contribution is 7.92. The molecule has 0 heterocycles. The molecule has 0 aliphatic heterocycles. The molecule has 0 fully saturated rings. The number of sulfonamides is 1. The van der Waals surface area contributed by atoms with Gasteiger partial charge in [0.05, 0.1) is 11.9 Å². The molecule has 0 saturated heterocycles. The Kier molecular flexibility index (Phi) is 9.50. The van der Waals surface area contributed by atoms with Crippen molar-refractivity contribution in [3.63, 3.8) is 0 Å². The molecule has 0 saturated carbocycles. The van der Waals surface area contributed by atoms with Crippen LogP contribution in [0.3, 0.4) is 0 Å². The molecule has 2 aromatic carbocycles. The molecule has 0 aromatic heterocycles. The number of rotatable bonds is 8. The van der Waals surface area contributed by atoms with Gasteiger partial charge in [-0.1, -0.05) is 46.9 Å². The summed E-state index contributed by atoms with van der Waals surface area (Å²) in [5.74, 6) is -1.02. The third kappa shape index (κ3) is 8.00. The van der Waals surface area contributed by atoms with Crippen LogP contribution in [-0.4, -0.2) is 49.5 Å². The van der Waals surface area contributed by atoms with E-state index in [0.717, 1.165) is 16.1 Å². The Morgan fingerprint density at radius 2 is 1.60 bits per heavy atom. The molecule has 0 aliphatic carbocycles. The average molecular weight is 563 g/mol. The first kappa shape index (κ1) is 29.2. The van der Waals surface area contributed by atoms with Gasteiger partial charge < -0.3 is 10.2 Å². The molecule has 11 heteroatoms. The summed E-state index contributed by atoms with van der Waals surface area (Å²) < 4.78 is 26.2. The number of carbonyl (C=O) groups is 2. The molecule has 2 amide bonds. The lowest BCUT2D eigenvalue weighted by molar-refractivity contribution is -0.140. The number of hydrogen-bond acceptors (Lipinski definition) is 4. The van der Waals surface area contributed by atoms with E-state index in [9.17, 15) is 18.0 Å². The quantitative estimate of drug-likeness (QED) is 0.488. The van der Waals surface area contributed by atoms with Crippen molar-refractivity contribution in [2.45, 2.75) is 52.7 Å². The molecule has 0 unspecified atom stereocenters. The number of benzene rings is 2. The van der Waals surface area contributed by atoms with Crippen molar-refractivity contribution in [3.05, 3.63) is 62.6 Å². The molecule has 0 aliphatic rings. The van der Waals surface area contributed by atoms with Gasteiger partial charge in [-0.25, -0.2) is 8.42 Å². The van der Waals surface area contributed by atoms with Gasteiger partial charge in [0.2, 0.25) is 21.8 Å². The van der Waals surface area contributed by atoms with Crippen LogP contribution in [0.5, 0.6) is 0 Å². The Labute approximate surface area is 222 Å². The van der Waals surface area contributed by atoms with Crippen LogP contribution in [0.25, 0.3) is 0 Å². The first-order valence-corrected chi connectivity index (χ1v) is 13.8. The number of carbonyl (C=O) groups excluding carboxylic acids is 2. The topological polar surface area (TPSA) is 86.8 Å². The zero-order valence-corrected chi connectivity index (χ0v) is 23.6. The van der Waals surface area contributed by atoms with Crippen LogP contribution in [0.1, 0.15) is 38.8 Å². The number of amides is 2. The fraction of sp³-hybridized carbons (Fsp3) is 0.417. The lowest BCUT2D eigenvalue weighted by Crippen LogP contribution is -2.54. The Morgan fingerprint density at radius 3 is 2.09 bits per heavy atom. The lowest BCUT2D eigenvalue weighted by Gasteiger charge is -2.33.